The molecule has 2 amide bonds. The van der Waals surface area contributed by atoms with Crippen LogP contribution in [0.1, 0.15) is 22.7 Å². The van der Waals surface area contributed by atoms with Gasteiger partial charge in [0.05, 0.1) is 23.2 Å². The average molecular weight is 449 g/mol. The van der Waals surface area contributed by atoms with E-state index in [2.05, 4.69) is 20.8 Å². The first-order valence-electron chi connectivity index (χ1n) is 9.83. The van der Waals surface area contributed by atoms with Gasteiger partial charge in [-0.2, -0.15) is 4.98 Å². The van der Waals surface area contributed by atoms with Crippen LogP contribution in [-0.2, 0) is 11.2 Å². The first kappa shape index (κ1) is 21.3. The molecule has 2 heterocycles. The predicted molar refractivity (Wildman–Crippen MR) is 122 cm³/mol. The molecule has 2 N–H and O–H groups in total. The van der Waals surface area contributed by atoms with E-state index in [9.17, 15) is 9.59 Å². The fourth-order valence-electron chi connectivity index (χ4n) is 2.98. The minimum atomic E-state index is -0.341. The number of ether oxygens (including phenoxy) is 1. The highest BCUT2D eigenvalue weighted by Gasteiger charge is 2.15. The van der Waals surface area contributed by atoms with Crippen molar-refractivity contribution in [2.45, 2.75) is 12.8 Å². The van der Waals surface area contributed by atoms with Gasteiger partial charge in [-0.1, -0.05) is 29.4 Å². The van der Waals surface area contributed by atoms with Gasteiger partial charge in [0.25, 0.3) is 5.91 Å². The highest BCUT2D eigenvalue weighted by molar-refractivity contribution is 7.13. The second-order valence-electron chi connectivity index (χ2n) is 6.77. The average Bonchev–Trinajstić information content (AvgIpc) is 3.50. The first-order valence-corrected chi connectivity index (χ1v) is 10.7. The molecule has 0 saturated carbocycles. The summed E-state index contributed by atoms with van der Waals surface area (Å²) in [7, 11) is 1.56. The van der Waals surface area contributed by atoms with E-state index < -0.39 is 0 Å². The zero-order valence-electron chi connectivity index (χ0n) is 17.2. The maximum atomic E-state index is 12.8. The normalized spacial score (nSPS) is 10.5. The molecule has 9 heteroatoms. The molecule has 0 saturated heterocycles. The van der Waals surface area contributed by atoms with Gasteiger partial charge in [-0.25, -0.2) is 0 Å². The summed E-state index contributed by atoms with van der Waals surface area (Å²) in [5, 5.41) is 11.5. The number of aryl methyl sites for hydroxylation is 1. The Bertz CT molecular complexity index is 1220. The third-order valence-electron chi connectivity index (χ3n) is 4.55. The van der Waals surface area contributed by atoms with Gasteiger partial charge >= 0.3 is 0 Å². The van der Waals surface area contributed by atoms with Crippen molar-refractivity contribution in [3.63, 3.8) is 0 Å². The molecule has 8 nitrogen and oxygen atoms in total. The van der Waals surface area contributed by atoms with Crippen molar-refractivity contribution in [2.24, 2.45) is 0 Å². The summed E-state index contributed by atoms with van der Waals surface area (Å²) < 4.78 is 10.4. The molecule has 0 atom stereocenters. The van der Waals surface area contributed by atoms with Crippen LogP contribution < -0.4 is 15.4 Å². The van der Waals surface area contributed by atoms with Crippen molar-refractivity contribution >= 4 is 34.5 Å². The van der Waals surface area contributed by atoms with Gasteiger partial charge < -0.3 is 19.9 Å². The second-order valence-corrected chi connectivity index (χ2v) is 7.72. The Morgan fingerprint density at radius 1 is 1.06 bits per heavy atom. The quantitative estimate of drug-likeness (QED) is 0.407. The van der Waals surface area contributed by atoms with E-state index in [1.807, 2.05) is 17.5 Å². The molecule has 0 aliphatic carbocycles. The predicted octanol–water partition coefficient (Wildman–Crippen LogP) is 4.63. The van der Waals surface area contributed by atoms with Gasteiger partial charge in [-0.3, -0.25) is 9.59 Å². The Labute approximate surface area is 188 Å². The number of rotatable bonds is 8. The molecule has 2 aromatic carbocycles. The summed E-state index contributed by atoms with van der Waals surface area (Å²) in [6, 6.07) is 17.7. The number of para-hydroxylation sites is 1. The maximum absolute atomic E-state index is 12.8. The van der Waals surface area contributed by atoms with Gasteiger partial charge in [-0.15, -0.1) is 11.3 Å². The van der Waals surface area contributed by atoms with E-state index in [4.69, 9.17) is 9.26 Å². The first-order chi connectivity index (χ1) is 15.6. The minimum Gasteiger partial charge on any atom is -0.497 e. The van der Waals surface area contributed by atoms with Gasteiger partial charge in [0.2, 0.25) is 17.6 Å². The lowest BCUT2D eigenvalue weighted by Gasteiger charge is -2.12. The number of thiophene rings is 1. The number of anilines is 2. The molecular weight excluding hydrogens is 428 g/mol. The number of aromatic nitrogens is 2. The van der Waals surface area contributed by atoms with Crippen molar-refractivity contribution in [1.82, 2.24) is 10.1 Å². The molecule has 0 aliphatic rings. The van der Waals surface area contributed by atoms with Gasteiger partial charge in [0.1, 0.15) is 5.75 Å². The van der Waals surface area contributed by atoms with E-state index in [1.165, 1.54) is 11.3 Å². The standard InChI is InChI=1S/C23H20N4O4S/c1-30-16-7-4-6-15(14-16)24-23(29)17-8-2-3-9-18(17)25-20(28)11-12-21-26-22(27-31-21)19-10-5-13-32-19/h2-10,13-14H,11-12H2,1H3,(H,24,29)(H,25,28). The Kier molecular flexibility index (Phi) is 6.57. The Hall–Kier alpha value is -3.98. The summed E-state index contributed by atoms with van der Waals surface area (Å²) in [6.07, 6.45) is 0.431. The largest absolute Gasteiger partial charge is 0.497 e. The zero-order valence-corrected chi connectivity index (χ0v) is 18.0. The van der Waals surface area contributed by atoms with Crippen LogP contribution in [0.5, 0.6) is 5.75 Å². The highest BCUT2D eigenvalue weighted by atomic mass is 32.1. The van der Waals surface area contributed by atoms with Crippen LogP contribution in [0.4, 0.5) is 11.4 Å². The second kappa shape index (κ2) is 9.88. The van der Waals surface area contributed by atoms with Crippen LogP contribution in [0.3, 0.4) is 0 Å². The number of hydrogen-bond acceptors (Lipinski definition) is 7. The van der Waals surface area contributed by atoms with Crippen molar-refractivity contribution in [3.8, 4) is 16.5 Å². The third kappa shape index (κ3) is 5.19. The van der Waals surface area contributed by atoms with E-state index in [0.29, 0.717) is 40.8 Å². The Balaban J connectivity index is 1.38. The summed E-state index contributed by atoms with van der Waals surface area (Å²) in [5.74, 6) is 0.921. The highest BCUT2D eigenvalue weighted by Crippen LogP contribution is 2.22. The molecule has 162 valence electrons. The fraction of sp³-hybridized carbons (Fsp3) is 0.130. The molecule has 4 aromatic rings. The van der Waals surface area contributed by atoms with Crippen LogP contribution >= 0.6 is 11.3 Å². The summed E-state index contributed by atoms with van der Waals surface area (Å²) in [4.78, 5) is 30.5. The molecule has 0 aliphatic heterocycles. The molecule has 0 spiro atoms. The van der Waals surface area contributed by atoms with Gasteiger partial charge in [0, 0.05) is 24.6 Å². The fourth-order valence-corrected chi connectivity index (χ4v) is 3.63. The van der Waals surface area contributed by atoms with E-state index in [-0.39, 0.29) is 18.2 Å². The van der Waals surface area contributed by atoms with Crippen LogP contribution in [0.25, 0.3) is 10.7 Å². The van der Waals surface area contributed by atoms with Crippen LogP contribution in [0.2, 0.25) is 0 Å². The molecule has 0 unspecified atom stereocenters. The number of hydrogen-bond donors (Lipinski definition) is 2. The van der Waals surface area contributed by atoms with E-state index in [1.54, 1.807) is 55.6 Å². The summed E-state index contributed by atoms with van der Waals surface area (Å²) in [6.45, 7) is 0. The Morgan fingerprint density at radius 3 is 2.75 bits per heavy atom. The summed E-state index contributed by atoms with van der Waals surface area (Å²) in [5.41, 5.74) is 1.36. The number of methoxy groups -OCH3 is 1. The van der Waals surface area contributed by atoms with Crippen LogP contribution in [0, 0.1) is 0 Å². The van der Waals surface area contributed by atoms with E-state index >= 15 is 0 Å². The zero-order chi connectivity index (χ0) is 22.3. The van der Waals surface area contributed by atoms with Crippen molar-refractivity contribution in [3.05, 3.63) is 77.5 Å². The van der Waals surface area contributed by atoms with Gasteiger partial charge in [0.15, 0.2) is 0 Å². The lowest BCUT2D eigenvalue weighted by atomic mass is 10.1. The van der Waals surface area contributed by atoms with Crippen molar-refractivity contribution < 1.29 is 18.8 Å². The number of benzene rings is 2. The number of carbonyl (C=O) groups is 2. The summed E-state index contributed by atoms with van der Waals surface area (Å²) >= 11 is 1.51. The third-order valence-corrected chi connectivity index (χ3v) is 5.41. The van der Waals surface area contributed by atoms with Crippen molar-refractivity contribution in [2.75, 3.05) is 17.7 Å². The number of amides is 2. The number of nitrogens with one attached hydrogen (secondary N) is 2. The monoisotopic (exact) mass is 448 g/mol. The maximum Gasteiger partial charge on any atom is 0.257 e. The topological polar surface area (TPSA) is 106 Å². The SMILES string of the molecule is COc1cccc(NC(=O)c2ccccc2NC(=O)CCc2nc(-c3cccs3)no2)c1. The smallest absolute Gasteiger partial charge is 0.257 e. The van der Waals surface area contributed by atoms with Crippen LogP contribution in [0.15, 0.2) is 70.6 Å². The Morgan fingerprint density at radius 2 is 1.94 bits per heavy atom. The molecular formula is C23H20N4O4S. The van der Waals surface area contributed by atoms with E-state index in [0.717, 1.165) is 4.88 Å². The lowest BCUT2D eigenvalue weighted by Crippen LogP contribution is -2.18. The molecule has 0 bridgehead atoms. The molecule has 4 rings (SSSR count). The molecule has 0 fully saturated rings. The van der Waals surface area contributed by atoms with Crippen molar-refractivity contribution in [1.29, 1.82) is 0 Å². The molecule has 2 aromatic heterocycles. The number of carbonyl (C=O) groups excluding carboxylic acids is 2. The van der Waals surface area contributed by atoms with Gasteiger partial charge in [-0.05, 0) is 35.7 Å². The molecule has 0 radical (unpaired) electrons. The minimum absolute atomic E-state index is 0.137. The number of nitrogens with zero attached hydrogens (tertiary/aromatic N) is 2. The molecule has 32 heavy (non-hydrogen) atoms. The lowest BCUT2D eigenvalue weighted by molar-refractivity contribution is -0.116. The van der Waals surface area contributed by atoms with Crippen LogP contribution in [-0.4, -0.2) is 29.1 Å².